The van der Waals surface area contributed by atoms with Crippen molar-refractivity contribution < 1.29 is 13.5 Å². The summed E-state index contributed by atoms with van der Waals surface area (Å²) < 4.78 is 35.8. The highest BCUT2D eigenvalue weighted by molar-refractivity contribution is 5.94. The number of benzene rings is 2. The maximum Gasteiger partial charge on any atom is 0.130 e. The van der Waals surface area contributed by atoms with Crippen molar-refractivity contribution in [2.45, 2.75) is 12.6 Å². The van der Waals surface area contributed by atoms with Gasteiger partial charge in [-0.2, -0.15) is 5.10 Å². The van der Waals surface area contributed by atoms with Crippen LogP contribution in [0.25, 0.3) is 27.8 Å². The third-order valence-electron chi connectivity index (χ3n) is 6.20. The van der Waals surface area contributed by atoms with Gasteiger partial charge in [-0.15, -0.1) is 5.10 Å². The molecule has 0 bridgehead atoms. The number of H-pyrrole nitrogens is 1. The topological polar surface area (TPSA) is 84.8 Å². The number of fused-ring (bicyclic) bond motifs is 1. The molecule has 6 rings (SSSR count). The van der Waals surface area contributed by atoms with Crippen molar-refractivity contribution in [1.82, 2.24) is 35.1 Å². The number of morpholine rings is 1. The Hall–Kier alpha value is -4.02. The molecule has 0 aliphatic carbocycles. The molecule has 1 saturated heterocycles. The number of aromatic nitrogens is 6. The Kier molecular flexibility index (Phi) is 5.51. The van der Waals surface area contributed by atoms with Gasteiger partial charge in [0.15, 0.2) is 0 Å². The van der Waals surface area contributed by atoms with Crippen LogP contribution in [-0.2, 0) is 11.3 Å². The molecule has 176 valence electrons. The van der Waals surface area contributed by atoms with E-state index in [1.54, 1.807) is 17.1 Å². The van der Waals surface area contributed by atoms with Crippen LogP contribution in [0.3, 0.4) is 0 Å². The second kappa shape index (κ2) is 8.97. The molecule has 1 N–H and O–H groups in total. The summed E-state index contributed by atoms with van der Waals surface area (Å²) in [6.07, 6.45) is 4.94. The Labute approximate surface area is 199 Å². The summed E-state index contributed by atoms with van der Waals surface area (Å²) >= 11 is 0. The summed E-state index contributed by atoms with van der Waals surface area (Å²) in [5.41, 5.74) is 4.25. The summed E-state index contributed by atoms with van der Waals surface area (Å²) in [5, 5.41) is 17.1. The van der Waals surface area contributed by atoms with Crippen LogP contribution >= 0.6 is 0 Å². The monoisotopic (exact) mass is 473 g/mol. The van der Waals surface area contributed by atoms with E-state index in [4.69, 9.17) is 4.74 Å². The molecule has 0 saturated carbocycles. The Bertz CT molecular complexity index is 1460. The fourth-order valence-corrected chi connectivity index (χ4v) is 4.36. The molecule has 1 aliphatic heterocycles. The largest absolute Gasteiger partial charge is 0.369 e. The summed E-state index contributed by atoms with van der Waals surface area (Å²) in [6, 6.07) is 13.6. The van der Waals surface area contributed by atoms with E-state index in [1.165, 1.54) is 18.2 Å². The first-order chi connectivity index (χ1) is 17.2. The van der Waals surface area contributed by atoms with Gasteiger partial charge in [0, 0.05) is 48.5 Å². The third kappa shape index (κ3) is 4.17. The molecular formula is C25H21F2N7O. The first-order valence-electron chi connectivity index (χ1n) is 11.2. The lowest BCUT2D eigenvalue weighted by molar-refractivity contribution is -0.0356. The van der Waals surface area contributed by atoms with Gasteiger partial charge in [0.1, 0.15) is 29.1 Å². The minimum Gasteiger partial charge on any atom is -0.369 e. The standard InChI is InChI=1S/C25H21F2N7O/c26-20-2-1-3-21(27)19(20)13-33-10-11-35-24(15-33)23-14-34(32-30-23)17-4-5-22-18(12-17)25(31-29-22)16-6-8-28-9-7-16/h1-9,12,14,24H,10-11,13,15H2,(H,29,31). The molecule has 1 atom stereocenters. The average molecular weight is 473 g/mol. The van der Waals surface area contributed by atoms with Crippen LogP contribution in [0.4, 0.5) is 8.78 Å². The molecule has 5 aromatic rings. The molecule has 3 aromatic heterocycles. The van der Waals surface area contributed by atoms with Gasteiger partial charge in [-0.25, -0.2) is 13.5 Å². The van der Waals surface area contributed by atoms with Gasteiger partial charge in [-0.3, -0.25) is 15.0 Å². The fraction of sp³-hybridized carbons (Fsp3) is 0.200. The lowest BCUT2D eigenvalue weighted by atomic mass is 10.1. The van der Waals surface area contributed by atoms with Crippen LogP contribution < -0.4 is 0 Å². The van der Waals surface area contributed by atoms with E-state index in [0.717, 1.165) is 27.8 Å². The van der Waals surface area contributed by atoms with Crippen LogP contribution in [0.15, 0.2) is 67.1 Å². The number of hydrogen-bond acceptors (Lipinski definition) is 6. The van der Waals surface area contributed by atoms with E-state index >= 15 is 0 Å². The lowest BCUT2D eigenvalue weighted by Gasteiger charge is -2.32. The quantitative estimate of drug-likeness (QED) is 0.415. The molecule has 1 fully saturated rings. The number of hydrogen-bond donors (Lipinski definition) is 1. The van der Waals surface area contributed by atoms with E-state index in [2.05, 4.69) is 25.5 Å². The average Bonchev–Trinajstić information content (AvgIpc) is 3.54. The Balaban J connectivity index is 1.23. The number of nitrogens with one attached hydrogen (secondary N) is 1. The highest BCUT2D eigenvalue weighted by Gasteiger charge is 2.26. The van der Waals surface area contributed by atoms with Crippen LogP contribution in [0.5, 0.6) is 0 Å². The van der Waals surface area contributed by atoms with Gasteiger partial charge < -0.3 is 4.74 Å². The van der Waals surface area contributed by atoms with E-state index in [1.807, 2.05) is 41.4 Å². The normalized spacial score (nSPS) is 16.7. The van der Waals surface area contributed by atoms with Crippen molar-refractivity contribution >= 4 is 10.9 Å². The maximum absolute atomic E-state index is 14.1. The van der Waals surface area contributed by atoms with Crippen molar-refractivity contribution in [2.75, 3.05) is 19.7 Å². The van der Waals surface area contributed by atoms with Crippen molar-refractivity contribution in [2.24, 2.45) is 0 Å². The second-order valence-corrected chi connectivity index (χ2v) is 8.42. The number of aromatic amines is 1. The van der Waals surface area contributed by atoms with Crippen molar-refractivity contribution in [1.29, 1.82) is 0 Å². The van der Waals surface area contributed by atoms with Crippen LogP contribution in [0.2, 0.25) is 0 Å². The molecule has 1 unspecified atom stereocenters. The van der Waals surface area contributed by atoms with Crippen molar-refractivity contribution in [3.63, 3.8) is 0 Å². The number of halogens is 2. The summed E-state index contributed by atoms with van der Waals surface area (Å²) in [5.74, 6) is -1.08. The Morgan fingerprint density at radius 3 is 2.71 bits per heavy atom. The molecule has 0 radical (unpaired) electrons. The summed E-state index contributed by atoms with van der Waals surface area (Å²) in [7, 11) is 0. The van der Waals surface area contributed by atoms with Gasteiger partial charge in [-0.1, -0.05) is 11.3 Å². The molecule has 0 amide bonds. The molecule has 1 aliphatic rings. The summed E-state index contributed by atoms with van der Waals surface area (Å²) in [6.45, 7) is 1.64. The van der Waals surface area contributed by atoms with E-state index in [9.17, 15) is 8.78 Å². The molecule has 10 heteroatoms. The van der Waals surface area contributed by atoms with E-state index in [-0.39, 0.29) is 18.2 Å². The van der Waals surface area contributed by atoms with E-state index < -0.39 is 11.6 Å². The smallest absolute Gasteiger partial charge is 0.130 e. The summed E-state index contributed by atoms with van der Waals surface area (Å²) in [4.78, 5) is 6.04. The lowest BCUT2D eigenvalue weighted by Crippen LogP contribution is -2.38. The van der Waals surface area contributed by atoms with Crippen LogP contribution in [-0.4, -0.2) is 54.8 Å². The van der Waals surface area contributed by atoms with Gasteiger partial charge in [0.2, 0.25) is 0 Å². The molecule has 8 nitrogen and oxygen atoms in total. The zero-order valence-electron chi connectivity index (χ0n) is 18.6. The zero-order chi connectivity index (χ0) is 23.8. The van der Waals surface area contributed by atoms with Gasteiger partial charge >= 0.3 is 0 Å². The SMILES string of the molecule is Fc1cccc(F)c1CN1CCOC(c2cn(-c3ccc4[nH]nc(-c5ccncc5)c4c3)nn2)C1. The Morgan fingerprint density at radius 2 is 1.89 bits per heavy atom. The minimum atomic E-state index is -0.542. The van der Waals surface area contributed by atoms with Gasteiger partial charge in [0.05, 0.1) is 24.0 Å². The second-order valence-electron chi connectivity index (χ2n) is 8.42. The number of nitrogens with zero attached hydrogens (tertiary/aromatic N) is 6. The molecule has 4 heterocycles. The number of pyridine rings is 1. The molecule has 2 aromatic carbocycles. The van der Waals surface area contributed by atoms with Crippen molar-refractivity contribution in [3.8, 4) is 16.9 Å². The highest BCUT2D eigenvalue weighted by Crippen LogP contribution is 2.28. The predicted octanol–water partition coefficient (Wildman–Crippen LogP) is 4.06. The Morgan fingerprint density at radius 1 is 1.06 bits per heavy atom. The minimum absolute atomic E-state index is 0.0650. The first-order valence-corrected chi connectivity index (χ1v) is 11.2. The predicted molar refractivity (Wildman–Crippen MR) is 125 cm³/mol. The van der Waals surface area contributed by atoms with Gasteiger partial charge in [-0.05, 0) is 42.5 Å². The third-order valence-corrected chi connectivity index (χ3v) is 6.20. The number of rotatable bonds is 5. The van der Waals surface area contributed by atoms with E-state index in [0.29, 0.717) is 25.4 Å². The first kappa shape index (κ1) is 21.5. The molecular weight excluding hydrogens is 452 g/mol. The highest BCUT2D eigenvalue weighted by atomic mass is 19.1. The van der Waals surface area contributed by atoms with Crippen LogP contribution in [0.1, 0.15) is 17.4 Å². The van der Waals surface area contributed by atoms with Gasteiger partial charge in [0.25, 0.3) is 0 Å². The number of ether oxygens (including phenoxy) is 1. The fourth-order valence-electron chi connectivity index (χ4n) is 4.36. The molecule has 0 spiro atoms. The van der Waals surface area contributed by atoms with Crippen molar-refractivity contribution in [3.05, 3.63) is 90.0 Å². The zero-order valence-corrected chi connectivity index (χ0v) is 18.6. The maximum atomic E-state index is 14.1. The molecule has 35 heavy (non-hydrogen) atoms. The van der Waals surface area contributed by atoms with Crippen LogP contribution in [0, 0.1) is 11.6 Å².